The molecule has 188 valence electrons. The fourth-order valence-electron chi connectivity index (χ4n) is 4.99. The van der Waals surface area contributed by atoms with Gasteiger partial charge in [0.05, 0.1) is 6.04 Å². The lowest BCUT2D eigenvalue weighted by Crippen LogP contribution is -2.57. The van der Waals surface area contributed by atoms with Crippen molar-refractivity contribution in [1.29, 1.82) is 0 Å². The molecule has 1 saturated carbocycles. The summed E-state index contributed by atoms with van der Waals surface area (Å²) in [6.45, 7) is 2.28. The van der Waals surface area contributed by atoms with Crippen molar-refractivity contribution in [3.05, 3.63) is 30.3 Å². The zero-order valence-electron chi connectivity index (χ0n) is 20.3. The van der Waals surface area contributed by atoms with E-state index in [0.29, 0.717) is 23.7 Å². The van der Waals surface area contributed by atoms with Gasteiger partial charge in [-0.05, 0) is 45.6 Å². The van der Waals surface area contributed by atoms with Crippen molar-refractivity contribution in [1.82, 2.24) is 25.1 Å². The van der Waals surface area contributed by atoms with E-state index in [1.807, 2.05) is 30.3 Å². The van der Waals surface area contributed by atoms with Gasteiger partial charge in [-0.2, -0.15) is 0 Å². The Kier molecular flexibility index (Phi) is 8.46. The van der Waals surface area contributed by atoms with Gasteiger partial charge in [0.2, 0.25) is 17.7 Å². The fraction of sp³-hybridized carbons (Fsp3) is 0.560. The molecule has 2 aromatic rings. The summed E-state index contributed by atoms with van der Waals surface area (Å²) in [6, 6.07) is 7.97. The van der Waals surface area contributed by atoms with Gasteiger partial charge in [0.25, 0.3) is 0 Å². The first-order valence-corrected chi connectivity index (χ1v) is 13.2. The van der Waals surface area contributed by atoms with Crippen molar-refractivity contribution >= 4 is 34.3 Å². The smallest absolute Gasteiger partial charge is 0.247 e. The highest BCUT2D eigenvalue weighted by atomic mass is 32.1. The molecule has 0 unspecified atom stereocenters. The standard InChI is InChI=1S/C25H34N6O3S/c1-16(26-2)22(32)27-21(18-12-7-4-8-13-18)25(34)31-15-9-14-19(31)23(33)28-24-20(29-30-35-24)17-10-5-3-6-11-17/h3,5-6,10-11,16,18-19,21,26H,4,7-9,12-15H2,1-2H3,(H,27,32)(H,28,33)/t16-,19-,21+/m1/s1. The highest BCUT2D eigenvalue weighted by Gasteiger charge is 2.41. The van der Waals surface area contributed by atoms with Crippen LogP contribution in [-0.4, -0.2) is 63.9 Å². The number of carbonyl (C=O) groups is 3. The molecule has 0 bridgehead atoms. The molecular weight excluding hydrogens is 464 g/mol. The highest BCUT2D eigenvalue weighted by molar-refractivity contribution is 7.10. The molecule has 1 aliphatic heterocycles. The Morgan fingerprint density at radius 2 is 1.80 bits per heavy atom. The Bertz CT molecular complexity index is 1020. The van der Waals surface area contributed by atoms with Crippen LogP contribution in [0.25, 0.3) is 11.3 Å². The summed E-state index contributed by atoms with van der Waals surface area (Å²) in [5, 5.41) is 13.7. The number of hydrogen-bond donors (Lipinski definition) is 3. The number of rotatable bonds is 8. The third-order valence-electron chi connectivity index (χ3n) is 7.12. The molecule has 0 radical (unpaired) electrons. The summed E-state index contributed by atoms with van der Waals surface area (Å²) < 4.78 is 4.02. The van der Waals surface area contributed by atoms with Crippen molar-refractivity contribution < 1.29 is 14.4 Å². The van der Waals surface area contributed by atoms with E-state index in [4.69, 9.17) is 0 Å². The lowest BCUT2D eigenvalue weighted by molar-refractivity contribution is -0.142. The van der Waals surface area contributed by atoms with Crippen molar-refractivity contribution in [3.8, 4) is 11.3 Å². The minimum Gasteiger partial charge on any atom is -0.343 e. The topological polar surface area (TPSA) is 116 Å². The molecule has 3 amide bonds. The monoisotopic (exact) mass is 498 g/mol. The molecule has 9 nitrogen and oxygen atoms in total. The van der Waals surface area contributed by atoms with Crippen LogP contribution >= 0.6 is 11.5 Å². The largest absolute Gasteiger partial charge is 0.343 e. The fourth-order valence-corrected chi connectivity index (χ4v) is 5.59. The average Bonchev–Trinajstić information content (AvgIpc) is 3.57. The molecule has 35 heavy (non-hydrogen) atoms. The van der Waals surface area contributed by atoms with Crippen LogP contribution in [0.4, 0.5) is 5.00 Å². The Hall–Kier alpha value is -2.85. The van der Waals surface area contributed by atoms with Gasteiger partial charge in [-0.15, -0.1) is 5.10 Å². The molecule has 0 spiro atoms. The van der Waals surface area contributed by atoms with E-state index >= 15 is 0 Å². The number of amides is 3. The summed E-state index contributed by atoms with van der Waals surface area (Å²) >= 11 is 1.12. The van der Waals surface area contributed by atoms with Gasteiger partial charge < -0.3 is 20.9 Å². The van der Waals surface area contributed by atoms with Crippen LogP contribution in [0.3, 0.4) is 0 Å². The molecule has 1 aliphatic carbocycles. The van der Waals surface area contributed by atoms with E-state index in [1.54, 1.807) is 18.9 Å². The van der Waals surface area contributed by atoms with Crippen LogP contribution < -0.4 is 16.0 Å². The SMILES string of the molecule is CN[C@H](C)C(=O)N[C@H](C(=O)N1CCC[C@@H]1C(=O)Nc1snnc1-c1ccccc1)C1CCCCC1. The van der Waals surface area contributed by atoms with Crippen LogP contribution in [-0.2, 0) is 14.4 Å². The van der Waals surface area contributed by atoms with Gasteiger partial charge in [-0.1, -0.05) is 54.1 Å². The third kappa shape index (κ3) is 5.87. The van der Waals surface area contributed by atoms with Crippen LogP contribution in [0, 0.1) is 5.92 Å². The second-order valence-electron chi connectivity index (χ2n) is 9.39. The maximum Gasteiger partial charge on any atom is 0.247 e. The predicted molar refractivity (Wildman–Crippen MR) is 136 cm³/mol. The van der Waals surface area contributed by atoms with E-state index in [2.05, 4.69) is 25.5 Å². The summed E-state index contributed by atoms with van der Waals surface area (Å²) in [4.78, 5) is 41.5. The lowest BCUT2D eigenvalue weighted by atomic mass is 9.83. The molecule has 2 aliphatic rings. The van der Waals surface area contributed by atoms with Gasteiger partial charge in [0, 0.05) is 23.6 Å². The van der Waals surface area contributed by atoms with Crippen molar-refractivity contribution in [2.45, 2.75) is 70.0 Å². The first-order valence-electron chi connectivity index (χ1n) is 12.5. The zero-order valence-corrected chi connectivity index (χ0v) is 21.1. The van der Waals surface area contributed by atoms with E-state index in [9.17, 15) is 14.4 Å². The number of anilines is 1. The second-order valence-corrected chi connectivity index (χ2v) is 10.1. The molecule has 1 saturated heterocycles. The average molecular weight is 499 g/mol. The Labute approximate surface area is 210 Å². The third-order valence-corrected chi connectivity index (χ3v) is 7.76. The maximum atomic E-state index is 13.8. The van der Waals surface area contributed by atoms with Crippen LogP contribution in [0.15, 0.2) is 30.3 Å². The van der Waals surface area contributed by atoms with Gasteiger partial charge in [0.15, 0.2) is 0 Å². The first-order chi connectivity index (χ1) is 17.0. The summed E-state index contributed by atoms with van der Waals surface area (Å²) in [7, 11) is 1.72. The molecular formula is C25H34N6O3S. The first kappa shape index (κ1) is 25.2. The number of aromatic nitrogens is 2. The molecule has 3 atom stereocenters. The lowest BCUT2D eigenvalue weighted by Gasteiger charge is -2.35. The van der Waals surface area contributed by atoms with Gasteiger partial charge >= 0.3 is 0 Å². The normalized spacial score (nSPS) is 20.3. The van der Waals surface area contributed by atoms with E-state index in [0.717, 1.165) is 55.6 Å². The number of likely N-dealkylation sites (N-methyl/N-ethyl adjacent to an activating group) is 1. The van der Waals surface area contributed by atoms with Crippen molar-refractivity contribution in [3.63, 3.8) is 0 Å². The molecule has 1 aromatic heterocycles. The minimum atomic E-state index is -0.614. The van der Waals surface area contributed by atoms with Crippen molar-refractivity contribution in [2.75, 3.05) is 18.9 Å². The molecule has 1 aromatic carbocycles. The maximum absolute atomic E-state index is 13.8. The van der Waals surface area contributed by atoms with E-state index < -0.39 is 18.1 Å². The Balaban J connectivity index is 1.50. The second kappa shape index (κ2) is 11.7. The van der Waals surface area contributed by atoms with Crippen LogP contribution in [0.1, 0.15) is 51.9 Å². The van der Waals surface area contributed by atoms with Crippen LogP contribution in [0.5, 0.6) is 0 Å². The molecule has 4 rings (SSSR count). The number of carbonyl (C=O) groups excluding carboxylic acids is 3. The summed E-state index contributed by atoms with van der Waals surface area (Å²) in [5.41, 5.74) is 1.49. The Morgan fingerprint density at radius 1 is 1.06 bits per heavy atom. The summed E-state index contributed by atoms with van der Waals surface area (Å²) in [6.07, 6.45) is 6.40. The molecule has 2 fully saturated rings. The quantitative estimate of drug-likeness (QED) is 0.515. The van der Waals surface area contributed by atoms with Gasteiger partial charge in [0.1, 0.15) is 22.8 Å². The molecule has 3 N–H and O–H groups in total. The van der Waals surface area contributed by atoms with Gasteiger partial charge in [-0.3, -0.25) is 14.4 Å². The Morgan fingerprint density at radius 3 is 2.51 bits per heavy atom. The van der Waals surface area contributed by atoms with E-state index in [1.165, 1.54) is 0 Å². The number of hydrogen-bond acceptors (Lipinski definition) is 7. The molecule has 2 heterocycles. The minimum absolute atomic E-state index is 0.0870. The predicted octanol–water partition coefficient (Wildman–Crippen LogP) is 2.81. The number of nitrogens with one attached hydrogen (secondary N) is 3. The summed E-state index contributed by atoms with van der Waals surface area (Å²) in [5.74, 6) is -0.503. The van der Waals surface area contributed by atoms with Gasteiger partial charge in [-0.25, -0.2) is 0 Å². The number of likely N-dealkylation sites (tertiary alicyclic amines) is 1. The number of benzene rings is 1. The van der Waals surface area contributed by atoms with Crippen LogP contribution in [0.2, 0.25) is 0 Å². The number of nitrogens with zero attached hydrogens (tertiary/aromatic N) is 3. The van der Waals surface area contributed by atoms with Crippen molar-refractivity contribution in [2.24, 2.45) is 5.92 Å². The molecule has 10 heteroatoms. The zero-order chi connectivity index (χ0) is 24.8. The highest BCUT2D eigenvalue weighted by Crippen LogP contribution is 2.31. The van der Waals surface area contributed by atoms with E-state index in [-0.39, 0.29) is 23.6 Å².